The Balaban J connectivity index is 1.77. The second-order valence-corrected chi connectivity index (χ2v) is 14.3. The van der Waals surface area contributed by atoms with Crippen molar-refractivity contribution in [3.05, 3.63) is 101 Å². The molecule has 48 heavy (non-hydrogen) atoms. The van der Waals surface area contributed by atoms with Crippen LogP contribution in [0.2, 0.25) is 5.02 Å². The van der Waals surface area contributed by atoms with Crippen molar-refractivity contribution >= 4 is 56.8 Å². The fourth-order valence-corrected chi connectivity index (χ4v) is 7.16. The zero-order chi connectivity index (χ0) is 35.6. The summed E-state index contributed by atoms with van der Waals surface area (Å²) in [5.41, 5.74) is -0.161. The molecule has 3 aromatic carbocycles. The van der Waals surface area contributed by atoms with Gasteiger partial charge < -0.3 is 20.5 Å². The van der Waals surface area contributed by atoms with E-state index < -0.39 is 62.8 Å². The van der Waals surface area contributed by atoms with E-state index >= 15 is 0 Å². The Labute approximate surface area is 288 Å². The van der Waals surface area contributed by atoms with Crippen molar-refractivity contribution in [1.29, 1.82) is 0 Å². The van der Waals surface area contributed by atoms with Gasteiger partial charge >= 0.3 is 5.97 Å². The van der Waals surface area contributed by atoms with Gasteiger partial charge in [0, 0.05) is 21.9 Å². The second-order valence-electron chi connectivity index (χ2n) is 10.9. The largest absolute Gasteiger partial charge is 0.494 e. The van der Waals surface area contributed by atoms with E-state index in [2.05, 4.69) is 17.2 Å². The normalized spacial score (nSPS) is 12.5. The molecular weight excluding hydrogens is 683 g/mol. The Morgan fingerprint density at radius 1 is 1.00 bits per heavy atom. The Morgan fingerprint density at radius 3 is 2.29 bits per heavy atom. The van der Waals surface area contributed by atoms with Crippen molar-refractivity contribution in [1.82, 2.24) is 10.6 Å². The Hall–Kier alpha value is -4.20. The number of benzene rings is 3. The van der Waals surface area contributed by atoms with Crippen LogP contribution in [-0.2, 0) is 41.2 Å². The van der Waals surface area contributed by atoms with Crippen LogP contribution in [0.5, 0.6) is 5.75 Å². The van der Waals surface area contributed by atoms with Gasteiger partial charge in [-0.2, -0.15) is 0 Å². The number of ketones is 1. The molecule has 3 rings (SSSR count). The molecule has 0 aliphatic carbocycles. The third-order valence-corrected chi connectivity index (χ3v) is 10.2. The number of aliphatic carboxylic acids is 1. The molecule has 0 aromatic heterocycles. The van der Waals surface area contributed by atoms with Crippen LogP contribution >= 0.6 is 23.4 Å². The number of carbonyl (C=O) groups excluding carboxylic acids is 3. The number of halogens is 2. The number of hydrogen-bond acceptors (Lipinski definition) is 8. The first kappa shape index (κ1) is 38.2. The highest BCUT2D eigenvalue weighted by Gasteiger charge is 2.32. The molecule has 2 amide bonds. The third kappa shape index (κ3) is 9.91. The molecule has 0 heterocycles. The van der Waals surface area contributed by atoms with E-state index in [-0.39, 0.29) is 56.2 Å². The summed E-state index contributed by atoms with van der Waals surface area (Å²) in [5, 5.41) is 14.7. The van der Waals surface area contributed by atoms with Gasteiger partial charge in [0.2, 0.25) is 21.7 Å². The number of rotatable bonds is 17. The first-order chi connectivity index (χ1) is 22.7. The number of sulfone groups is 1. The second kappa shape index (κ2) is 17.3. The number of amides is 2. The number of thioether (sulfide) groups is 1. The summed E-state index contributed by atoms with van der Waals surface area (Å²) in [7, 11) is -3.91. The number of carboxylic acids is 1. The summed E-state index contributed by atoms with van der Waals surface area (Å²) in [6.45, 7) is 8.69. The minimum Gasteiger partial charge on any atom is -0.494 e. The van der Waals surface area contributed by atoms with Gasteiger partial charge in [-0.05, 0) is 55.3 Å². The molecule has 3 aromatic rings. The average Bonchev–Trinajstić information content (AvgIpc) is 3.04. The number of Topliss-reactive ketones (excluding diaryl/α,β-unsaturated/α-hetero) is 1. The predicted octanol–water partition coefficient (Wildman–Crippen LogP) is 5.02. The zero-order valence-electron chi connectivity index (χ0n) is 26.5. The summed E-state index contributed by atoms with van der Waals surface area (Å²) >= 11 is 7.02. The van der Waals surface area contributed by atoms with Crippen LogP contribution in [0.25, 0.3) is 0 Å². The van der Waals surface area contributed by atoms with Crippen LogP contribution in [0.3, 0.4) is 0 Å². The van der Waals surface area contributed by atoms with Crippen LogP contribution in [-0.4, -0.2) is 61.5 Å². The molecule has 0 aliphatic rings. The molecule has 14 heteroatoms. The van der Waals surface area contributed by atoms with Crippen molar-refractivity contribution in [3.8, 4) is 5.75 Å². The number of carboxylic acid groups (broad SMARTS) is 1. The molecule has 0 bridgehead atoms. The maximum Gasteiger partial charge on any atom is 0.333 e. The SMILES string of the molecule is C=C(C(=O)O)[C@H](NC(=O)[C@@H](NC(=O)Cc1cc(S(=O)(=O)c2ccccc2)ccc1OCC)C(C)C)C(=O)CSCc1c(F)cccc1Cl. The lowest BCUT2D eigenvalue weighted by atomic mass is 10.00. The minimum atomic E-state index is -3.91. The summed E-state index contributed by atoms with van der Waals surface area (Å²) in [6.07, 6.45) is -0.358. The van der Waals surface area contributed by atoms with E-state index in [4.69, 9.17) is 16.3 Å². The van der Waals surface area contributed by atoms with Crippen molar-refractivity contribution in [2.45, 2.75) is 54.8 Å². The van der Waals surface area contributed by atoms with E-state index in [1.54, 1.807) is 39.0 Å². The summed E-state index contributed by atoms with van der Waals surface area (Å²) in [4.78, 5) is 51.6. The molecule has 2 atom stereocenters. The topological polar surface area (TPSA) is 156 Å². The maximum atomic E-state index is 14.1. The fraction of sp³-hybridized carbons (Fsp3) is 0.294. The van der Waals surface area contributed by atoms with Crippen molar-refractivity contribution < 1.29 is 41.8 Å². The molecule has 10 nitrogen and oxygen atoms in total. The van der Waals surface area contributed by atoms with Crippen LogP contribution < -0.4 is 15.4 Å². The van der Waals surface area contributed by atoms with Gasteiger partial charge in [-0.15, -0.1) is 11.8 Å². The zero-order valence-corrected chi connectivity index (χ0v) is 28.9. The number of hydrogen-bond donors (Lipinski definition) is 3. The highest BCUT2D eigenvalue weighted by molar-refractivity contribution is 7.99. The highest BCUT2D eigenvalue weighted by atomic mass is 35.5. The average molecular weight is 719 g/mol. The lowest BCUT2D eigenvalue weighted by Crippen LogP contribution is -2.55. The summed E-state index contributed by atoms with van der Waals surface area (Å²) in [5.74, 6) is -4.81. The van der Waals surface area contributed by atoms with Crippen LogP contribution in [0.15, 0.2) is 88.7 Å². The van der Waals surface area contributed by atoms with E-state index in [0.717, 1.165) is 11.8 Å². The minimum absolute atomic E-state index is 0.0136. The molecule has 0 spiro atoms. The Bertz CT molecular complexity index is 1760. The monoisotopic (exact) mass is 718 g/mol. The van der Waals surface area contributed by atoms with Gasteiger partial charge in [0.05, 0.1) is 34.1 Å². The molecule has 0 radical (unpaired) electrons. The number of carbonyl (C=O) groups is 4. The summed E-state index contributed by atoms with van der Waals surface area (Å²) < 4.78 is 46.2. The highest BCUT2D eigenvalue weighted by Crippen LogP contribution is 2.28. The van der Waals surface area contributed by atoms with Gasteiger partial charge in [-0.25, -0.2) is 17.6 Å². The van der Waals surface area contributed by atoms with Crippen molar-refractivity contribution in [2.75, 3.05) is 12.4 Å². The van der Waals surface area contributed by atoms with E-state index in [1.807, 2.05) is 0 Å². The Kier molecular flexibility index (Phi) is 13.8. The van der Waals surface area contributed by atoms with Gasteiger partial charge in [0.15, 0.2) is 5.78 Å². The smallest absolute Gasteiger partial charge is 0.333 e. The van der Waals surface area contributed by atoms with E-state index in [0.29, 0.717) is 0 Å². The quantitative estimate of drug-likeness (QED) is 0.163. The maximum absolute atomic E-state index is 14.1. The van der Waals surface area contributed by atoms with Gasteiger partial charge in [-0.1, -0.05) is 56.3 Å². The molecule has 0 fully saturated rings. The van der Waals surface area contributed by atoms with Crippen molar-refractivity contribution in [3.63, 3.8) is 0 Å². The molecule has 0 saturated heterocycles. The summed E-state index contributed by atoms with van der Waals surface area (Å²) in [6, 6.07) is 13.3. The molecular formula is C34H36ClFN2O8S2. The molecule has 0 aliphatic heterocycles. The standard InChI is InChI=1S/C34H36ClFN2O8S2/c1-5-46-29-15-14-24(48(44,45)23-10-7-6-8-11-23)16-22(29)17-30(40)37-31(20(2)3)33(41)38-32(21(4)34(42)43)28(39)19-47-18-25-26(35)12-9-13-27(25)36/h6-16,20,31-32H,4-5,17-19H2,1-3H3,(H,37,40)(H,38,41)(H,42,43)/t31-,32-/m0/s1. The Morgan fingerprint density at radius 2 is 1.69 bits per heavy atom. The molecule has 3 N–H and O–H groups in total. The van der Waals surface area contributed by atoms with Crippen LogP contribution in [0.4, 0.5) is 4.39 Å². The van der Waals surface area contributed by atoms with Crippen LogP contribution in [0.1, 0.15) is 31.9 Å². The molecule has 0 unspecified atom stereocenters. The molecule has 0 saturated carbocycles. The van der Waals surface area contributed by atoms with E-state index in [1.165, 1.54) is 48.5 Å². The van der Waals surface area contributed by atoms with E-state index in [9.17, 15) is 37.1 Å². The van der Waals surface area contributed by atoms with Gasteiger partial charge in [-0.3, -0.25) is 14.4 Å². The van der Waals surface area contributed by atoms with Gasteiger partial charge in [0.1, 0.15) is 23.7 Å². The predicted molar refractivity (Wildman–Crippen MR) is 181 cm³/mol. The first-order valence-electron chi connectivity index (χ1n) is 14.8. The first-order valence-corrected chi connectivity index (χ1v) is 17.8. The number of ether oxygens (including phenoxy) is 1. The van der Waals surface area contributed by atoms with Gasteiger partial charge in [0.25, 0.3) is 0 Å². The number of nitrogens with one attached hydrogen (secondary N) is 2. The van der Waals surface area contributed by atoms with Crippen LogP contribution in [0, 0.1) is 11.7 Å². The lowest BCUT2D eigenvalue weighted by Gasteiger charge is -2.25. The lowest BCUT2D eigenvalue weighted by molar-refractivity contribution is -0.135. The van der Waals surface area contributed by atoms with Crippen molar-refractivity contribution in [2.24, 2.45) is 5.92 Å². The molecule has 256 valence electrons. The fourth-order valence-electron chi connectivity index (χ4n) is 4.55. The third-order valence-electron chi connectivity index (χ3n) is 7.10.